The van der Waals surface area contributed by atoms with E-state index in [1.54, 1.807) is 0 Å². The molecule has 8 nitrogen and oxygen atoms in total. The van der Waals surface area contributed by atoms with Gasteiger partial charge in [0, 0.05) is 25.3 Å². The first-order chi connectivity index (χ1) is 15.5. The summed E-state index contributed by atoms with van der Waals surface area (Å²) < 4.78 is 2.90. The standard InChI is InChI=1S/C23H26N6O2S/c1-14(2)26-23-25-13-15-19(30)18(21(31)24-9-12-28-10-5-6-11-28)22-29(20(15)27-23)16-7-3-4-8-17(16)32-22/h3-4,7-8,13-14H,5-6,9-12H2,1-2H3,(H,24,31)(H,25,26,27). The molecule has 3 aromatic heterocycles. The van der Waals surface area contributed by atoms with Crippen LogP contribution in [0.4, 0.5) is 5.95 Å². The van der Waals surface area contributed by atoms with Crippen molar-refractivity contribution in [2.75, 3.05) is 31.5 Å². The van der Waals surface area contributed by atoms with Crippen LogP contribution >= 0.6 is 11.3 Å². The fourth-order valence-electron chi connectivity index (χ4n) is 4.25. The average Bonchev–Trinajstić information content (AvgIpc) is 3.41. The number of aromatic nitrogens is 3. The van der Waals surface area contributed by atoms with E-state index in [0.29, 0.717) is 28.4 Å². The van der Waals surface area contributed by atoms with Crippen molar-refractivity contribution in [3.05, 3.63) is 46.2 Å². The molecule has 32 heavy (non-hydrogen) atoms. The van der Waals surface area contributed by atoms with Gasteiger partial charge < -0.3 is 15.5 Å². The summed E-state index contributed by atoms with van der Waals surface area (Å²) in [4.78, 5) is 38.5. The number of pyridine rings is 1. The fourth-order valence-corrected chi connectivity index (χ4v) is 5.43. The molecule has 1 amide bonds. The molecule has 0 aliphatic carbocycles. The van der Waals surface area contributed by atoms with Crippen molar-refractivity contribution < 1.29 is 4.79 Å². The van der Waals surface area contributed by atoms with Crippen LogP contribution < -0.4 is 16.1 Å². The first-order valence-electron chi connectivity index (χ1n) is 11.0. The van der Waals surface area contributed by atoms with Crippen molar-refractivity contribution in [3.8, 4) is 0 Å². The highest BCUT2D eigenvalue weighted by Gasteiger charge is 2.23. The molecule has 0 atom stereocenters. The zero-order valence-corrected chi connectivity index (χ0v) is 19.0. The maximum Gasteiger partial charge on any atom is 0.258 e. The van der Waals surface area contributed by atoms with Gasteiger partial charge in [-0.1, -0.05) is 12.1 Å². The molecule has 166 valence electrons. The predicted molar refractivity (Wildman–Crippen MR) is 129 cm³/mol. The molecule has 1 aromatic carbocycles. The molecule has 1 saturated heterocycles. The van der Waals surface area contributed by atoms with Gasteiger partial charge in [-0.2, -0.15) is 4.98 Å². The normalized spacial score (nSPS) is 14.7. The first kappa shape index (κ1) is 20.8. The minimum absolute atomic E-state index is 0.152. The van der Waals surface area contributed by atoms with Gasteiger partial charge in [0.1, 0.15) is 10.4 Å². The Hall–Kier alpha value is -3.04. The fraction of sp³-hybridized carbons (Fsp3) is 0.391. The zero-order valence-electron chi connectivity index (χ0n) is 18.2. The van der Waals surface area contributed by atoms with Crippen molar-refractivity contribution in [1.82, 2.24) is 24.6 Å². The maximum absolute atomic E-state index is 13.4. The highest BCUT2D eigenvalue weighted by atomic mass is 32.1. The molecule has 0 radical (unpaired) electrons. The summed E-state index contributed by atoms with van der Waals surface area (Å²) in [6.07, 6.45) is 3.93. The molecule has 2 N–H and O–H groups in total. The Balaban J connectivity index is 1.64. The second-order valence-electron chi connectivity index (χ2n) is 8.45. The highest BCUT2D eigenvalue weighted by molar-refractivity contribution is 7.24. The van der Waals surface area contributed by atoms with E-state index in [9.17, 15) is 9.59 Å². The van der Waals surface area contributed by atoms with Gasteiger partial charge in [0.25, 0.3) is 5.91 Å². The van der Waals surface area contributed by atoms with Gasteiger partial charge in [-0.25, -0.2) is 4.98 Å². The van der Waals surface area contributed by atoms with E-state index >= 15 is 0 Å². The Kier molecular flexibility index (Phi) is 5.52. The number of nitrogens with zero attached hydrogens (tertiary/aromatic N) is 4. The monoisotopic (exact) mass is 450 g/mol. The Morgan fingerprint density at radius 2 is 2.00 bits per heavy atom. The number of hydrogen-bond donors (Lipinski definition) is 2. The van der Waals surface area contributed by atoms with Crippen molar-refractivity contribution in [2.45, 2.75) is 32.7 Å². The van der Waals surface area contributed by atoms with Crippen LogP contribution in [0.25, 0.3) is 26.1 Å². The Morgan fingerprint density at radius 1 is 1.22 bits per heavy atom. The summed E-state index contributed by atoms with van der Waals surface area (Å²) in [7, 11) is 0. The Bertz CT molecular complexity index is 1370. The predicted octanol–water partition coefficient (Wildman–Crippen LogP) is 3.10. The van der Waals surface area contributed by atoms with E-state index in [2.05, 4.69) is 25.5 Å². The number of benzene rings is 1. The number of anilines is 1. The van der Waals surface area contributed by atoms with E-state index in [1.165, 1.54) is 30.4 Å². The summed E-state index contributed by atoms with van der Waals surface area (Å²) in [5.74, 6) is 0.114. The topological polar surface area (TPSA) is 91.6 Å². The molecular weight excluding hydrogens is 424 g/mol. The molecule has 4 aromatic rings. The largest absolute Gasteiger partial charge is 0.352 e. The van der Waals surface area contributed by atoms with Gasteiger partial charge in [0.15, 0.2) is 5.65 Å². The van der Waals surface area contributed by atoms with Crippen LogP contribution in [0.1, 0.15) is 37.0 Å². The third-order valence-electron chi connectivity index (χ3n) is 5.74. The Morgan fingerprint density at radius 3 is 2.78 bits per heavy atom. The van der Waals surface area contributed by atoms with Crippen LogP contribution in [0.15, 0.2) is 35.3 Å². The smallest absolute Gasteiger partial charge is 0.258 e. The number of rotatable bonds is 6. The number of thiazole rings is 1. The molecular formula is C23H26N6O2S. The number of fused-ring (bicyclic) bond motifs is 5. The molecule has 0 saturated carbocycles. The van der Waals surface area contributed by atoms with E-state index in [-0.39, 0.29) is 22.9 Å². The number of amides is 1. The molecule has 0 bridgehead atoms. The number of nitrogens with one attached hydrogen (secondary N) is 2. The van der Waals surface area contributed by atoms with Crippen molar-refractivity contribution in [3.63, 3.8) is 0 Å². The van der Waals surface area contributed by atoms with E-state index in [4.69, 9.17) is 0 Å². The molecule has 1 aliphatic heterocycles. The number of likely N-dealkylation sites (tertiary alicyclic amines) is 1. The van der Waals surface area contributed by atoms with Crippen molar-refractivity contribution >= 4 is 49.3 Å². The first-order valence-corrected chi connectivity index (χ1v) is 11.8. The maximum atomic E-state index is 13.4. The molecule has 9 heteroatoms. The zero-order chi connectivity index (χ0) is 22.2. The quantitative estimate of drug-likeness (QED) is 0.469. The molecule has 0 unspecified atom stereocenters. The van der Waals surface area contributed by atoms with Crippen LogP contribution in [0.5, 0.6) is 0 Å². The van der Waals surface area contributed by atoms with Gasteiger partial charge >= 0.3 is 0 Å². The van der Waals surface area contributed by atoms with Crippen LogP contribution in [0, 0.1) is 0 Å². The third kappa shape index (κ3) is 3.71. The lowest BCUT2D eigenvalue weighted by molar-refractivity contribution is 0.0950. The summed E-state index contributed by atoms with van der Waals surface area (Å²) in [6, 6.07) is 8.03. The van der Waals surface area contributed by atoms with Gasteiger partial charge in [0.05, 0.1) is 15.6 Å². The highest BCUT2D eigenvalue weighted by Crippen LogP contribution is 2.30. The number of para-hydroxylation sites is 1. The second-order valence-corrected chi connectivity index (χ2v) is 9.48. The third-order valence-corrected chi connectivity index (χ3v) is 6.88. The van der Waals surface area contributed by atoms with E-state index in [1.807, 2.05) is 42.5 Å². The van der Waals surface area contributed by atoms with E-state index < -0.39 is 0 Å². The second kappa shape index (κ2) is 8.48. The van der Waals surface area contributed by atoms with E-state index in [0.717, 1.165) is 29.9 Å². The SMILES string of the molecule is CC(C)Nc1ncc2c(=O)c(C(=O)NCCN3CCCC3)c3sc4ccccc4n3c2n1. The summed E-state index contributed by atoms with van der Waals surface area (Å²) >= 11 is 1.44. The number of carbonyl (C=O) groups is 1. The molecule has 5 rings (SSSR count). The van der Waals surface area contributed by atoms with Crippen LogP contribution in [-0.2, 0) is 0 Å². The van der Waals surface area contributed by atoms with Gasteiger partial charge in [-0.15, -0.1) is 11.3 Å². The van der Waals surface area contributed by atoms with Crippen LogP contribution in [0.2, 0.25) is 0 Å². The lowest BCUT2D eigenvalue weighted by Crippen LogP contribution is -2.35. The summed E-state index contributed by atoms with van der Waals surface area (Å²) in [5.41, 5.74) is 1.25. The summed E-state index contributed by atoms with van der Waals surface area (Å²) in [6.45, 7) is 7.46. The van der Waals surface area contributed by atoms with Crippen molar-refractivity contribution in [2.24, 2.45) is 0 Å². The molecule has 1 aliphatic rings. The lowest BCUT2D eigenvalue weighted by atomic mass is 10.2. The molecule has 0 spiro atoms. The number of hydrogen-bond acceptors (Lipinski definition) is 7. The molecule has 4 heterocycles. The minimum Gasteiger partial charge on any atom is -0.352 e. The molecule has 1 fully saturated rings. The lowest BCUT2D eigenvalue weighted by Gasteiger charge is -2.15. The van der Waals surface area contributed by atoms with Crippen molar-refractivity contribution in [1.29, 1.82) is 0 Å². The summed E-state index contributed by atoms with van der Waals surface area (Å²) in [5, 5.41) is 6.50. The minimum atomic E-state index is -0.343. The average molecular weight is 451 g/mol. The van der Waals surface area contributed by atoms with Gasteiger partial charge in [-0.3, -0.25) is 14.0 Å². The van der Waals surface area contributed by atoms with Crippen LogP contribution in [0.3, 0.4) is 0 Å². The Labute approximate surface area is 189 Å². The van der Waals surface area contributed by atoms with Crippen LogP contribution in [-0.4, -0.2) is 57.4 Å². The van der Waals surface area contributed by atoms with Gasteiger partial charge in [-0.05, 0) is 51.9 Å². The van der Waals surface area contributed by atoms with Gasteiger partial charge in [0.2, 0.25) is 11.4 Å². The number of carbonyl (C=O) groups excluding carboxylic acids is 1.